The zero-order valence-corrected chi connectivity index (χ0v) is 11.4. The maximum Gasteiger partial charge on any atom is 0.430 e. The minimum atomic E-state index is -4.71. The molecule has 0 N–H and O–H groups in total. The van der Waals surface area contributed by atoms with Crippen LogP contribution in [0.2, 0.25) is 0 Å². The summed E-state index contributed by atoms with van der Waals surface area (Å²) in [5.41, 5.74) is 0.367. The minimum Gasteiger partial charge on any atom is -0.475 e. The van der Waals surface area contributed by atoms with Gasteiger partial charge in [0.2, 0.25) is 6.10 Å². The lowest BCUT2D eigenvalue weighted by Crippen LogP contribution is -2.40. The molecule has 3 nitrogen and oxygen atoms in total. The van der Waals surface area contributed by atoms with E-state index in [2.05, 4.69) is 4.74 Å². The normalized spacial score (nSPS) is 18.0. The molecule has 1 aliphatic heterocycles. The predicted octanol–water partition coefficient (Wildman–Crippen LogP) is 3.60. The summed E-state index contributed by atoms with van der Waals surface area (Å²) in [6.45, 7) is 1.75. The van der Waals surface area contributed by atoms with Gasteiger partial charge in [-0.2, -0.15) is 13.2 Å². The van der Waals surface area contributed by atoms with Crippen LogP contribution in [0.3, 0.4) is 0 Å². The van der Waals surface area contributed by atoms with E-state index in [0.29, 0.717) is 11.1 Å². The van der Waals surface area contributed by atoms with Crippen molar-refractivity contribution in [3.63, 3.8) is 0 Å². The van der Waals surface area contributed by atoms with E-state index in [1.807, 2.05) is 0 Å². The van der Waals surface area contributed by atoms with E-state index < -0.39 is 23.8 Å². The van der Waals surface area contributed by atoms with E-state index in [4.69, 9.17) is 4.74 Å². The number of halogens is 3. The van der Waals surface area contributed by atoms with Crippen molar-refractivity contribution in [3.8, 4) is 5.75 Å². The summed E-state index contributed by atoms with van der Waals surface area (Å²) in [6.07, 6.45) is -2.54. The molecule has 1 unspecified atom stereocenters. The van der Waals surface area contributed by atoms with E-state index in [1.54, 1.807) is 37.3 Å². The van der Waals surface area contributed by atoms with Gasteiger partial charge in [0.1, 0.15) is 5.75 Å². The van der Waals surface area contributed by atoms with Crippen LogP contribution < -0.4 is 4.74 Å². The first-order chi connectivity index (χ1) is 9.88. The zero-order chi connectivity index (χ0) is 15.6. The van der Waals surface area contributed by atoms with Crippen LogP contribution in [0.15, 0.2) is 29.8 Å². The fourth-order valence-electron chi connectivity index (χ4n) is 2.09. The number of allylic oxidation sites excluding steroid dienone is 1. The Labute approximate surface area is 119 Å². The summed E-state index contributed by atoms with van der Waals surface area (Å²) >= 11 is 0. The van der Waals surface area contributed by atoms with Crippen molar-refractivity contribution < 1.29 is 27.4 Å². The Balaban J connectivity index is 2.59. The van der Waals surface area contributed by atoms with Gasteiger partial charge >= 0.3 is 12.1 Å². The van der Waals surface area contributed by atoms with Crippen molar-refractivity contribution in [2.75, 3.05) is 7.11 Å². The van der Waals surface area contributed by atoms with Crippen molar-refractivity contribution in [3.05, 3.63) is 41.0 Å². The summed E-state index contributed by atoms with van der Waals surface area (Å²) in [5.74, 6) is -0.954. The first-order valence-corrected chi connectivity index (χ1v) is 6.17. The smallest absolute Gasteiger partial charge is 0.430 e. The SMILES string of the molecule is CC=Cc1cccc2c1OC(C(F)(F)F)C(C(=O)OC)=C2. The van der Waals surface area contributed by atoms with Crippen molar-refractivity contribution in [1.82, 2.24) is 0 Å². The standard InChI is InChI=1S/C15H13F3O3/c1-3-5-9-6-4-7-10-8-11(14(19)20-2)13(15(16,17)18)21-12(9)10/h3-8,13H,1-2H3. The molecule has 1 aromatic carbocycles. The molecule has 0 saturated heterocycles. The fourth-order valence-corrected chi connectivity index (χ4v) is 2.09. The molecule has 6 heteroatoms. The molecule has 0 saturated carbocycles. The lowest BCUT2D eigenvalue weighted by molar-refractivity contribution is -0.187. The van der Waals surface area contributed by atoms with Crippen LogP contribution in [-0.4, -0.2) is 25.4 Å². The molecule has 21 heavy (non-hydrogen) atoms. The molecule has 1 heterocycles. The van der Waals surface area contributed by atoms with Crippen LogP contribution in [0.5, 0.6) is 5.75 Å². The van der Waals surface area contributed by atoms with E-state index in [1.165, 1.54) is 0 Å². The van der Waals surface area contributed by atoms with Gasteiger partial charge in [-0.3, -0.25) is 0 Å². The Hall–Kier alpha value is -2.24. The molecule has 1 aromatic rings. The summed E-state index contributed by atoms with van der Waals surface area (Å²) in [5, 5.41) is 0. The van der Waals surface area contributed by atoms with Crippen molar-refractivity contribution in [2.45, 2.75) is 19.2 Å². The van der Waals surface area contributed by atoms with Gasteiger partial charge < -0.3 is 9.47 Å². The highest BCUT2D eigenvalue weighted by molar-refractivity contribution is 5.96. The molecule has 1 atom stereocenters. The minimum absolute atomic E-state index is 0.102. The summed E-state index contributed by atoms with van der Waals surface area (Å²) < 4.78 is 48.8. The lowest BCUT2D eigenvalue weighted by atomic mass is 9.98. The second-order valence-electron chi connectivity index (χ2n) is 4.40. The molecule has 0 bridgehead atoms. The average molecular weight is 298 g/mol. The number of carbonyl (C=O) groups is 1. The zero-order valence-electron chi connectivity index (χ0n) is 11.4. The van der Waals surface area contributed by atoms with Gasteiger partial charge in [-0.1, -0.05) is 30.4 Å². The highest BCUT2D eigenvalue weighted by Gasteiger charge is 2.48. The molecule has 0 spiro atoms. The molecule has 0 aromatic heterocycles. The number of para-hydroxylation sites is 1. The molecule has 0 amide bonds. The van der Waals surface area contributed by atoms with Gasteiger partial charge in [0.25, 0.3) is 0 Å². The van der Waals surface area contributed by atoms with Gasteiger partial charge in [-0.15, -0.1) is 0 Å². The number of benzene rings is 1. The molecule has 0 aliphatic carbocycles. The quantitative estimate of drug-likeness (QED) is 0.783. The molecule has 1 aliphatic rings. The molecule has 0 radical (unpaired) electrons. The first kappa shape index (κ1) is 15.2. The number of esters is 1. The van der Waals surface area contributed by atoms with Crippen LogP contribution >= 0.6 is 0 Å². The fraction of sp³-hybridized carbons (Fsp3) is 0.267. The Morgan fingerprint density at radius 3 is 2.67 bits per heavy atom. The number of ether oxygens (including phenoxy) is 2. The number of carbonyl (C=O) groups excluding carboxylic acids is 1. The Morgan fingerprint density at radius 1 is 1.38 bits per heavy atom. The van der Waals surface area contributed by atoms with Gasteiger partial charge in [0, 0.05) is 11.1 Å². The second kappa shape index (κ2) is 5.63. The summed E-state index contributed by atoms with van der Waals surface area (Å²) in [6, 6.07) is 4.90. The maximum atomic E-state index is 13.1. The van der Waals surface area contributed by atoms with Crippen LogP contribution in [0.4, 0.5) is 13.2 Å². The third-order valence-electron chi connectivity index (χ3n) is 2.97. The van der Waals surface area contributed by atoms with E-state index in [0.717, 1.165) is 13.2 Å². The summed E-state index contributed by atoms with van der Waals surface area (Å²) in [4.78, 5) is 11.6. The van der Waals surface area contributed by atoms with Gasteiger partial charge in [0.05, 0.1) is 12.7 Å². The third kappa shape index (κ3) is 2.94. The monoisotopic (exact) mass is 298 g/mol. The van der Waals surface area contributed by atoms with Gasteiger partial charge in [-0.05, 0) is 13.0 Å². The van der Waals surface area contributed by atoms with Crippen LogP contribution in [-0.2, 0) is 9.53 Å². The average Bonchev–Trinajstić information content (AvgIpc) is 2.44. The lowest BCUT2D eigenvalue weighted by Gasteiger charge is -2.28. The number of fused-ring (bicyclic) bond motifs is 1. The topological polar surface area (TPSA) is 35.5 Å². The molecule has 0 fully saturated rings. The molecular weight excluding hydrogens is 285 g/mol. The highest BCUT2D eigenvalue weighted by Crippen LogP contribution is 2.39. The van der Waals surface area contributed by atoms with Crippen LogP contribution in [0.25, 0.3) is 12.2 Å². The van der Waals surface area contributed by atoms with Crippen LogP contribution in [0, 0.1) is 0 Å². The summed E-state index contributed by atoms with van der Waals surface area (Å²) in [7, 11) is 1.03. The van der Waals surface area contributed by atoms with Crippen molar-refractivity contribution in [1.29, 1.82) is 0 Å². The Morgan fingerprint density at radius 2 is 2.10 bits per heavy atom. The molecule has 2 rings (SSSR count). The molecule has 112 valence electrons. The van der Waals surface area contributed by atoms with Crippen molar-refractivity contribution in [2.24, 2.45) is 0 Å². The van der Waals surface area contributed by atoms with Gasteiger partial charge in [-0.25, -0.2) is 4.79 Å². The maximum absolute atomic E-state index is 13.1. The number of methoxy groups -OCH3 is 1. The number of rotatable bonds is 2. The second-order valence-corrected chi connectivity index (χ2v) is 4.40. The van der Waals surface area contributed by atoms with E-state index >= 15 is 0 Å². The molecular formula is C15H13F3O3. The number of alkyl halides is 3. The van der Waals surface area contributed by atoms with E-state index in [9.17, 15) is 18.0 Å². The largest absolute Gasteiger partial charge is 0.475 e. The van der Waals surface area contributed by atoms with Crippen molar-refractivity contribution >= 4 is 18.1 Å². The number of hydrogen-bond donors (Lipinski definition) is 0. The highest BCUT2D eigenvalue weighted by atomic mass is 19.4. The third-order valence-corrected chi connectivity index (χ3v) is 2.97. The predicted molar refractivity (Wildman–Crippen MR) is 71.6 cm³/mol. The first-order valence-electron chi connectivity index (χ1n) is 6.17. The van der Waals surface area contributed by atoms with Gasteiger partial charge in [0.15, 0.2) is 0 Å². The Bertz CT molecular complexity index is 615. The Kier molecular flexibility index (Phi) is 4.06. The van der Waals surface area contributed by atoms with E-state index in [-0.39, 0.29) is 5.75 Å². The number of hydrogen-bond acceptors (Lipinski definition) is 3. The van der Waals surface area contributed by atoms with Crippen LogP contribution in [0.1, 0.15) is 18.1 Å².